The van der Waals surface area contributed by atoms with Crippen LogP contribution < -0.4 is 0 Å². The number of amides is 1. The Morgan fingerprint density at radius 2 is 1.75 bits per heavy atom. The summed E-state index contributed by atoms with van der Waals surface area (Å²) in [6.07, 6.45) is 3.43. The van der Waals surface area contributed by atoms with E-state index in [0.29, 0.717) is 29.2 Å². The van der Waals surface area contributed by atoms with Gasteiger partial charge in [-0.3, -0.25) is 9.59 Å². The second-order valence-electron chi connectivity index (χ2n) is 7.96. The third-order valence-electron chi connectivity index (χ3n) is 5.91. The molecule has 28 heavy (non-hydrogen) atoms. The molecule has 0 aromatic heterocycles. The second kappa shape index (κ2) is 8.70. The number of aryl methyl sites for hydroxylation is 2. The molecule has 1 N–H and O–H groups in total. The van der Waals surface area contributed by atoms with Crippen LogP contribution in [-0.2, 0) is 0 Å². The molecular weight excluding hydrogens is 350 g/mol. The van der Waals surface area contributed by atoms with Crippen LogP contribution in [0, 0.1) is 19.8 Å². The Hall–Kier alpha value is -2.46. The van der Waals surface area contributed by atoms with Gasteiger partial charge in [0.2, 0.25) is 0 Å². The van der Waals surface area contributed by atoms with Gasteiger partial charge in [0.1, 0.15) is 0 Å². The van der Waals surface area contributed by atoms with E-state index in [2.05, 4.69) is 0 Å². The minimum Gasteiger partial charge on any atom is -0.394 e. The van der Waals surface area contributed by atoms with E-state index >= 15 is 0 Å². The molecule has 0 heterocycles. The highest BCUT2D eigenvalue weighted by atomic mass is 16.3. The van der Waals surface area contributed by atoms with E-state index in [4.69, 9.17) is 0 Å². The summed E-state index contributed by atoms with van der Waals surface area (Å²) in [5, 5.41) is 9.66. The normalized spacial score (nSPS) is 15.0. The van der Waals surface area contributed by atoms with E-state index in [9.17, 15) is 14.7 Å². The highest BCUT2D eigenvalue weighted by Crippen LogP contribution is 2.29. The average molecular weight is 380 g/mol. The molecule has 0 bridgehead atoms. The monoisotopic (exact) mass is 379 g/mol. The third kappa shape index (κ3) is 4.17. The summed E-state index contributed by atoms with van der Waals surface area (Å²) >= 11 is 0. The second-order valence-corrected chi connectivity index (χ2v) is 7.96. The van der Waals surface area contributed by atoms with Crippen LogP contribution in [0.25, 0.3) is 0 Å². The maximum atomic E-state index is 13.4. The zero-order valence-electron chi connectivity index (χ0n) is 16.9. The number of nitrogens with zero attached hydrogens (tertiary/aromatic N) is 1. The highest BCUT2D eigenvalue weighted by Gasteiger charge is 2.29. The molecule has 2 aromatic carbocycles. The van der Waals surface area contributed by atoms with Crippen molar-refractivity contribution >= 4 is 11.7 Å². The van der Waals surface area contributed by atoms with Crippen molar-refractivity contribution in [3.63, 3.8) is 0 Å². The lowest BCUT2D eigenvalue weighted by Gasteiger charge is -2.35. The van der Waals surface area contributed by atoms with Gasteiger partial charge < -0.3 is 10.0 Å². The van der Waals surface area contributed by atoms with Crippen molar-refractivity contribution in [2.24, 2.45) is 5.92 Å². The molecule has 148 valence electrons. The first-order valence-electron chi connectivity index (χ1n) is 10.0. The van der Waals surface area contributed by atoms with Crippen molar-refractivity contribution in [1.29, 1.82) is 0 Å². The van der Waals surface area contributed by atoms with Crippen molar-refractivity contribution in [3.8, 4) is 0 Å². The van der Waals surface area contributed by atoms with Crippen LogP contribution >= 0.6 is 0 Å². The molecule has 1 fully saturated rings. The fraction of sp³-hybridized carbons (Fsp3) is 0.417. The largest absolute Gasteiger partial charge is 0.394 e. The molecule has 0 unspecified atom stereocenters. The molecule has 2 aromatic rings. The minimum absolute atomic E-state index is 0.0915. The number of carbonyl (C=O) groups is 2. The van der Waals surface area contributed by atoms with Crippen LogP contribution in [0.1, 0.15) is 63.6 Å². The van der Waals surface area contributed by atoms with E-state index in [1.807, 2.05) is 39.0 Å². The zero-order valence-corrected chi connectivity index (χ0v) is 16.9. The van der Waals surface area contributed by atoms with Gasteiger partial charge in [0.05, 0.1) is 18.2 Å². The Balaban J connectivity index is 1.94. The summed E-state index contributed by atoms with van der Waals surface area (Å²) in [5.74, 6) is 0.161. The molecule has 1 amide bonds. The number of aliphatic hydroxyl groups excluding tert-OH is 1. The van der Waals surface area contributed by atoms with Gasteiger partial charge in [0.25, 0.3) is 5.91 Å². The summed E-state index contributed by atoms with van der Waals surface area (Å²) in [6.45, 7) is 6.38. The summed E-state index contributed by atoms with van der Waals surface area (Å²) in [7, 11) is 0. The van der Waals surface area contributed by atoms with E-state index in [1.54, 1.807) is 29.2 Å². The van der Waals surface area contributed by atoms with Gasteiger partial charge in [-0.2, -0.15) is 0 Å². The Labute approximate surface area is 167 Å². The van der Waals surface area contributed by atoms with Crippen LogP contribution in [0.5, 0.6) is 0 Å². The summed E-state index contributed by atoms with van der Waals surface area (Å²) in [4.78, 5) is 28.3. The van der Waals surface area contributed by atoms with Crippen molar-refractivity contribution < 1.29 is 14.7 Å². The lowest BCUT2D eigenvalue weighted by Crippen LogP contribution is -2.45. The lowest BCUT2D eigenvalue weighted by atomic mass is 9.84. The van der Waals surface area contributed by atoms with Crippen LogP contribution in [-0.4, -0.2) is 40.9 Å². The average Bonchev–Trinajstić information content (AvgIpc) is 2.67. The third-order valence-corrected chi connectivity index (χ3v) is 5.91. The maximum absolute atomic E-state index is 13.4. The Morgan fingerprint density at radius 1 is 1.07 bits per heavy atom. The predicted octanol–water partition coefficient (Wildman–Crippen LogP) is 4.16. The number of hydrogen-bond acceptors (Lipinski definition) is 3. The molecule has 4 heteroatoms. The Morgan fingerprint density at radius 3 is 2.32 bits per heavy atom. The lowest BCUT2D eigenvalue weighted by molar-refractivity contribution is 0.0527. The van der Waals surface area contributed by atoms with Crippen molar-refractivity contribution in [2.45, 2.75) is 46.1 Å². The van der Waals surface area contributed by atoms with Crippen LogP contribution in [0.4, 0.5) is 0 Å². The van der Waals surface area contributed by atoms with Crippen LogP contribution in [0.3, 0.4) is 0 Å². The summed E-state index contributed by atoms with van der Waals surface area (Å²) in [6, 6.07) is 12.4. The summed E-state index contributed by atoms with van der Waals surface area (Å²) in [5.41, 5.74) is 3.59. The fourth-order valence-electron chi connectivity index (χ4n) is 3.58. The molecule has 1 saturated carbocycles. The molecular formula is C24H29NO3. The molecule has 0 saturated heterocycles. The summed E-state index contributed by atoms with van der Waals surface area (Å²) < 4.78 is 0. The van der Waals surface area contributed by atoms with Gasteiger partial charge in [-0.15, -0.1) is 0 Å². The van der Waals surface area contributed by atoms with E-state index < -0.39 is 0 Å². The standard InChI is InChI=1S/C24H29NO3/c1-16-11-12-20(13-17(16)2)23(27)21-9-4-5-10-22(21)24(28)25(18(3)15-26)14-19-7-6-8-19/h4-5,9-13,18-19,26H,6-8,14-15H2,1-3H3/t18-/m1/s1. The van der Waals surface area contributed by atoms with Gasteiger partial charge in [0.15, 0.2) is 5.78 Å². The van der Waals surface area contributed by atoms with Gasteiger partial charge in [-0.1, -0.05) is 36.8 Å². The number of carbonyl (C=O) groups excluding carboxylic acids is 2. The van der Waals surface area contributed by atoms with Crippen molar-refractivity contribution in [3.05, 3.63) is 70.3 Å². The number of benzene rings is 2. The first-order chi connectivity index (χ1) is 13.4. The minimum atomic E-state index is -0.280. The van der Waals surface area contributed by atoms with E-state index in [-0.39, 0.29) is 24.3 Å². The maximum Gasteiger partial charge on any atom is 0.254 e. The smallest absolute Gasteiger partial charge is 0.254 e. The van der Waals surface area contributed by atoms with Crippen molar-refractivity contribution in [1.82, 2.24) is 4.90 Å². The number of aliphatic hydroxyl groups is 1. The van der Waals surface area contributed by atoms with E-state index in [1.165, 1.54) is 6.42 Å². The van der Waals surface area contributed by atoms with Gasteiger partial charge >= 0.3 is 0 Å². The number of ketones is 1. The van der Waals surface area contributed by atoms with Crippen LogP contribution in [0.15, 0.2) is 42.5 Å². The first kappa shape index (κ1) is 20.3. The van der Waals surface area contributed by atoms with Gasteiger partial charge in [-0.05, 0) is 62.8 Å². The number of rotatable bonds is 7. The predicted molar refractivity (Wildman–Crippen MR) is 111 cm³/mol. The quantitative estimate of drug-likeness (QED) is 0.735. The molecule has 4 nitrogen and oxygen atoms in total. The fourth-order valence-corrected chi connectivity index (χ4v) is 3.58. The molecule has 0 radical (unpaired) electrons. The molecule has 3 rings (SSSR count). The number of hydrogen-bond donors (Lipinski definition) is 1. The Kier molecular flexibility index (Phi) is 6.30. The molecule has 1 atom stereocenters. The van der Waals surface area contributed by atoms with Crippen LogP contribution in [0.2, 0.25) is 0 Å². The molecule has 0 aliphatic heterocycles. The Bertz CT molecular complexity index is 870. The van der Waals surface area contributed by atoms with Crippen molar-refractivity contribution in [2.75, 3.05) is 13.2 Å². The first-order valence-corrected chi connectivity index (χ1v) is 10.0. The van der Waals surface area contributed by atoms with E-state index in [0.717, 1.165) is 24.0 Å². The molecule has 1 aliphatic rings. The topological polar surface area (TPSA) is 57.6 Å². The molecule has 1 aliphatic carbocycles. The zero-order chi connectivity index (χ0) is 20.3. The SMILES string of the molecule is Cc1ccc(C(=O)c2ccccc2C(=O)N(CC2CCC2)[C@H](C)CO)cc1C. The van der Waals surface area contributed by atoms with Gasteiger partial charge in [0, 0.05) is 17.7 Å². The highest BCUT2D eigenvalue weighted by molar-refractivity contribution is 6.15. The molecule has 0 spiro atoms. The van der Waals surface area contributed by atoms with Gasteiger partial charge in [-0.25, -0.2) is 0 Å².